The molecule has 2 aliphatic heterocycles. The first kappa shape index (κ1) is 14.8. The molecule has 0 spiro atoms. The van der Waals surface area contributed by atoms with Gasteiger partial charge < -0.3 is 10.2 Å². The molecule has 0 bridgehead atoms. The normalized spacial score (nSPS) is 43.6. The molecule has 20 heavy (non-hydrogen) atoms. The molecule has 0 aromatic carbocycles. The lowest BCUT2D eigenvalue weighted by molar-refractivity contribution is 0.0553. The van der Waals surface area contributed by atoms with Gasteiger partial charge in [-0.15, -0.1) is 0 Å². The largest absolute Gasteiger partial charge is 0.317 e. The van der Waals surface area contributed by atoms with E-state index < -0.39 is 0 Å². The highest BCUT2D eigenvalue weighted by atomic mass is 15.3. The van der Waals surface area contributed by atoms with Crippen molar-refractivity contribution in [1.82, 2.24) is 15.1 Å². The molecule has 1 saturated carbocycles. The molecular formula is C17H33N3. The topological polar surface area (TPSA) is 18.5 Å². The SMILES string of the molecule is CNC1CC(C)CC(C)C1CN1CCN2CCCC2C1. The van der Waals surface area contributed by atoms with E-state index in [0.29, 0.717) is 0 Å². The Hall–Kier alpha value is -0.120. The van der Waals surface area contributed by atoms with Gasteiger partial charge in [0, 0.05) is 38.3 Å². The van der Waals surface area contributed by atoms with Crippen molar-refractivity contribution in [3.8, 4) is 0 Å². The van der Waals surface area contributed by atoms with Crippen molar-refractivity contribution in [2.45, 2.75) is 51.6 Å². The first-order valence-corrected chi connectivity index (χ1v) is 8.81. The zero-order valence-corrected chi connectivity index (χ0v) is 13.6. The number of nitrogens with zero attached hydrogens (tertiary/aromatic N) is 2. The summed E-state index contributed by atoms with van der Waals surface area (Å²) in [6, 6.07) is 1.60. The van der Waals surface area contributed by atoms with Crippen molar-refractivity contribution in [1.29, 1.82) is 0 Å². The number of rotatable bonds is 3. The van der Waals surface area contributed by atoms with Crippen molar-refractivity contribution in [3.63, 3.8) is 0 Å². The van der Waals surface area contributed by atoms with Crippen molar-refractivity contribution in [3.05, 3.63) is 0 Å². The van der Waals surface area contributed by atoms with E-state index in [-0.39, 0.29) is 0 Å². The molecular weight excluding hydrogens is 246 g/mol. The third-order valence-corrected chi connectivity index (χ3v) is 6.19. The van der Waals surface area contributed by atoms with E-state index >= 15 is 0 Å². The predicted octanol–water partition coefficient (Wildman–Crippen LogP) is 2.04. The van der Waals surface area contributed by atoms with Gasteiger partial charge in [-0.2, -0.15) is 0 Å². The highest BCUT2D eigenvalue weighted by Gasteiger charge is 2.36. The van der Waals surface area contributed by atoms with Crippen LogP contribution in [-0.2, 0) is 0 Å². The van der Waals surface area contributed by atoms with Crippen LogP contribution in [0.1, 0.15) is 39.5 Å². The number of piperazine rings is 1. The summed E-state index contributed by atoms with van der Waals surface area (Å²) in [5.74, 6) is 2.62. The number of hydrogen-bond donors (Lipinski definition) is 1. The summed E-state index contributed by atoms with van der Waals surface area (Å²) in [5, 5.41) is 3.61. The van der Waals surface area contributed by atoms with E-state index in [0.717, 1.165) is 29.8 Å². The molecule has 3 heteroatoms. The van der Waals surface area contributed by atoms with E-state index in [1.54, 1.807) is 0 Å². The van der Waals surface area contributed by atoms with Crippen molar-refractivity contribution >= 4 is 0 Å². The molecule has 116 valence electrons. The summed E-state index contributed by atoms with van der Waals surface area (Å²) in [6.07, 6.45) is 5.65. The van der Waals surface area contributed by atoms with Crippen LogP contribution in [0.15, 0.2) is 0 Å². The second-order valence-electron chi connectivity index (χ2n) is 7.70. The molecule has 5 unspecified atom stereocenters. The van der Waals surface area contributed by atoms with Crippen LogP contribution in [0.2, 0.25) is 0 Å². The Bertz CT molecular complexity index is 319. The molecule has 3 nitrogen and oxygen atoms in total. The van der Waals surface area contributed by atoms with Gasteiger partial charge in [0.2, 0.25) is 0 Å². The molecule has 3 aliphatic rings. The lowest BCUT2D eigenvalue weighted by Gasteiger charge is -2.45. The Morgan fingerprint density at radius 2 is 1.95 bits per heavy atom. The number of hydrogen-bond acceptors (Lipinski definition) is 3. The second kappa shape index (κ2) is 6.33. The Kier molecular flexibility index (Phi) is 4.68. The third-order valence-electron chi connectivity index (χ3n) is 6.19. The molecule has 2 saturated heterocycles. The maximum atomic E-state index is 3.61. The van der Waals surface area contributed by atoms with Crippen molar-refractivity contribution in [2.75, 3.05) is 39.8 Å². The van der Waals surface area contributed by atoms with Gasteiger partial charge in [0.1, 0.15) is 0 Å². The van der Waals surface area contributed by atoms with Crippen molar-refractivity contribution < 1.29 is 0 Å². The Balaban J connectivity index is 1.58. The summed E-state index contributed by atoms with van der Waals surface area (Å²) in [6.45, 7) is 11.5. The molecule has 0 aromatic heterocycles. The van der Waals surface area contributed by atoms with Crippen LogP contribution in [0.3, 0.4) is 0 Å². The summed E-state index contributed by atoms with van der Waals surface area (Å²) in [5.41, 5.74) is 0. The Morgan fingerprint density at radius 1 is 1.10 bits per heavy atom. The lowest BCUT2D eigenvalue weighted by Crippen LogP contribution is -2.54. The predicted molar refractivity (Wildman–Crippen MR) is 84.9 cm³/mol. The summed E-state index contributed by atoms with van der Waals surface area (Å²) >= 11 is 0. The molecule has 3 fully saturated rings. The minimum Gasteiger partial charge on any atom is -0.317 e. The third kappa shape index (κ3) is 3.05. The number of nitrogens with one attached hydrogen (secondary N) is 1. The standard InChI is InChI=1S/C17H33N3/c1-13-9-14(2)16(17(10-13)18-3)12-19-7-8-20-6-4-5-15(20)11-19/h13-18H,4-12H2,1-3H3. The average Bonchev–Trinajstić information content (AvgIpc) is 2.89. The van der Waals surface area contributed by atoms with Crippen LogP contribution in [0.25, 0.3) is 0 Å². The zero-order valence-electron chi connectivity index (χ0n) is 13.6. The maximum absolute atomic E-state index is 3.61. The monoisotopic (exact) mass is 279 g/mol. The molecule has 0 amide bonds. The van der Waals surface area contributed by atoms with E-state index in [4.69, 9.17) is 0 Å². The van der Waals surface area contributed by atoms with Gasteiger partial charge in [-0.05, 0) is 57.0 Å². The van der Waals surface area contributed by atoms with E-state index in [2.05, 4.69) is 36.0 Å². The summed E-state index contributed by atoms with van der Waals surface area (Å²) in [7, 11) is 2.16. The Labute approximate surface area is 125 Å². The van der Waals surface area contributed by atoms with E-state index in [1.165, 1.54) is 58.4 Å². The highest BCUT2D eigenvalue weighted by Crippen LogP contribution is 2.35. The van der Waals surface area contributed by atoms with E-state index in [1.807, 2.05) is 0 Å². The fraction of sp³-hybridized carbons (Fsp3) is 1.00. The van der Waals surface area contributed by atoms with Gasteiger partial charge >= 0.3 is 0 Å². The van der Waals surface area contributed by atoms with Gasteiger partial charge in [-0.1, -0.05) is 13.8 Å². The Morgan fingerprint density at radius 3 is 2.75 bits per heavy atom. The van der Waals surface area contributed by atoms with Crippen LogP contribution in [-0.4, -0.2) is 61.7 Å². The molecule has 3 rings (SSSR count). The average molecular weight is 279 g/mol. The maximum Gasteiger partial charge on any atom is 0.0224 e. The van der Waals surface area contributed by atoms with Crippen LogP contribution in [0.5, 0.6) is 0 Å². The number of fused-ring (bicyclic) bond motifs is 1. The fourth-order valence-electron chi connectivity index (χ4n) is 5.07. The summed E-state index contributed by atoms with van der Waals surface area (Å²) < 4.78 is 0. The minimum absolute atomic E-state index is 0.732. The lowest BCUT2D eigenvalue weighted by atomic mass is 9.72. The van der Waals surface area contributed by atoms with Gasteiger partial charge in [-0.3, -0.25) is 4.90 Å². The fourth-order valence-corrected chi connectivity index (χ4v) is 5.07. The summed E-state index contributed by atoms with van der Waals surface area (Å²) in [4.78, 5) is 5.49. The molecule has 0 radical (unpaired) electrons. The molecule has 2 heterocycles. The molecule has 0 aromatic rings. The minimum atomic E-state index is 0.732. The zero-order chi connectivity index (χ0) is 14.1. The van der Waals surface area contributed by atoms with Gasteiger partial charge in [0.05, 0.1) is 0 Å². The van der Waals surface area contributed by atoms with Crippen LogP contribution >= 0.6 is 0 Å². The van der Waals surface area contributed by atoms with Crippen LogP contribution < -0.4 is 5.32 Å². The second-order valence-corrected chi connectivity index (χ2v) is 7.70. The van der Waals surface area contributed by atoms with Crippen molar-refractivity contribution in [2.24, 2.45) is 17.8 Å². The van der Waals surface area contributed by atoms with Crippen LogP contribution in [0.4, 0.5) is 0 Å². The van der Waals surface area contributed by atoms with Crippen LogP contribution in [0, 0.1) is 17.8 Å². The highest BCUT2D eigenvalue weighted by molar-refractivity contribution is 4.92. The molecule has 1 N–H and O–H groups in total. The first-order chi connectivity index (χ1) is 9.67. The quantitative estimate of drug-likeness (QED) is 0.853. The molecule has 1 aliphatic carbocycles. The van der Waals surface area contributed by atoms with Gasteiger partial charge in [0.25, 0.3) is 0 Å². The van der Waals surface area contributed by atoms with E-state index in [9.17, 15) is 0 Å². The van der Waals surface area contributed by atoms with Gasteiger partial charge in [-0.25, -0.2) is 0 Å². The first-order valence-electron chi connectivity index (χ1n) is 8.81. The molecule has 5 atom stereocenters. The smallest absolute Gasteiger partial charge is 0.0224 e. The van der Waals surface area contributed by atoms with Gasteiger partial charge in [0.15, 0.2) is 0 Å².